The van der Waals surface area contributed by atoms with Gasteiger partial charge in [-0.3, -0.25) is 0 Å². The van der Waals surface area contributed by atoms with Gasteiger partial charge in [0.1, 0.15) is 0 Å². The smallest absolute Gasteiger partial charge is 0.358 e. The summed E-state index contributed by atoms with van der Waals surface area (Å²) >= 11 is 0. The van der Waals surface area contributed by atoms with Crippen LogP contribution in [0.5, 0.6) is 0 Å². The quantitative estimate of drug-likeness (QED) is 0.721. The van der Waals surface area contributed by atoms with Crippen LogP contribution in [0.4, 0.5) is 5.82 Å². The molecule has 0 amide bonds. The lowest BCUT2D eigenvalue weighted by Crippen LogP contribution is -2.26. The first-order valence-corrected chi connectivity index (χ1v) is 7.11. The minimum Gasteiger partial charge on any atom is -0.476 e. The molecule has 1 rings (SSSR count). The number of carboxylic acids is 1. The van der Waals surface area contributed by atoms with Crippen LogP contribution < -0.4 is 5.32 Å². The Morgan fingerprint density at radius 1 is 1.35 bits per heavy atom. The first-order chi connectivity index (χ1) is 9.58. The number of nitrogens with zero attached hydrogens (tertiary/aromatic N) is 3. The van der Waals surface area contributed by atoms with E-state index in [1.165, 1.54) is 12.4 Å². The predicted octanol–water partition coefficient (Wildman–Crippen LogP) is 2.10. The van der Waals surface area contributed by atoms with Crippen molar-refractivity contribution in [3.63, 3.8) is 0 Å². The fraction of sp³-hybridized carbons (Fsp3) is 0.643. The first-order valence-electron chi connectivity index (χ1n) is 7.11. The Hall–Kier alpha value is -1.69. The molecular weight excluding hydrogens is 256 g/mol. The molecule has 0 aliphatic carbocycles. The average molecular weight is 280 g/mol. The van der Waals surface area contributed by atoms with E-state index in [4.69, 9.17) is 5.11 Å². The number of hydrogen-bond donors (Lipinski definition) is 2. The highest BCUT2D eigenvalue weighted by atomic mass is 16.4. The highest BCUT2D eigenvalue weighted by Gasteiger charge is 2.14. The van der Waals surface area contributed by atoms with Crippen LogP contribution in [0.3, 0.4) is 0 Å². The Morgan fingerprint density at radius 2 is 2.00 bits per heavy atom. The van der Waals surface area contributed by atoms with Gasteiger partial charge in [0.25, 0.3) is 0 Å². The maximum Gasteiger partial charge on any atom is 0.358 e. The second-order valence-electron chi connectivity index (χ2n) is 4.77. The van der Waals surface area contributed by atoms with Gasteiger partial charge in [-0.25, -0.2) is 14.8 Å². The van der Waals surface area contributed by atoms with Crippen molar-refractivity contribution in [2.75, 3.05) is 25.0 Å². The van der Waals surface area contributed by atoms with Gasteiger partial charge in [0.05, 0.1) is 0 Å². The van der Waals surface area contributed by atoms with E-state index >= 15 is 0 Å². The van der Waals surface area contributed by atoms with Crippen molar-refractivity contribution in [1.29, 1.82) is 0 Å². The van der Waals surface area contributed by atoms with E-state index in [2.05, 4.69) is 34.0 Å². The summed E-state index contributed by atoms with van der Waals surface area (Å²) < 4.78 is 0. The van der Waals surface area contributed by atoms with Gasteiger partial charge in [-0.15, -0.1) is 0 Å². The molecule has 0 radical (unpaired) electrons. The molecule has 2 N–H and O–H groups in total. The number of rotatable bonds is 9. The van der Waals surface area contributed by atoms with E-state index in [1.54, 1.807) is 0 Å². The van der Waals surface area contributed by atoms with Gasteiger partial charge in [0.15, 0.2) is 11.5 Å². The molecule has 1 heterocycles. The summed E-state index contributed by atoms with van der Waals surface area (Å²) in [5, 5.41) is 12.2. The fourth-order valence-corrected chi connectivity index (χ4v) is 2.07. The lowest BCUT2D eigenvalue weighted by molar-refractivity contribution is 0.0691. The zero-order valence-corrected chi connectivity index (χ0v) is 12.5. The summed E-state index contributed by atoms with van der Waals surface area (Å²) in [6, 6.07) is 0.167. The van der Waals surface area contributed by atoms with Crippen LogP contribution >= 0.6 is 0 Å². The molecule has 1 unspecified atom stereocenters. The van der Waals surface area contributed by atoms with Crippen molar-refractivity contribution in [2.45, 2.75) is 39.7 Å². The molecule has 1 atom stereocenters. The van der Waals surface area contributed by atoms with Crippen molar-refractivity contribution >= 4 is 11.8 Å². The molecular formula is C14H24N4O2. The Morgan fingerprint density at radius 3 is 2.60 bits per heavy atom. The molecule has 20 heavy (non-hydrogen) atoms. The van der Waals surface area contributed by atoms with Crippen LogP contribution in [0.15, 0.2) is 12.4 Å². The fourth-order valence-electron chi connectivity index (χ4n) is 2.07. The van der Waals surface area contributed by atoms with Crippen LogP contribution in [-0.4, -0.2) is 51.6 Å². The molecule has 112 valence electrons. The number of aromatic carboxylic acids is 1. The molecule has 6 heteroatoms. The number of carbonyl (C=O) groups is 1. The number of carboxylic acid groups (broad SMARTS) is 1. The Labute approximate surface area is 120 Å². The van der Waals surface area contributed by atoms with Crippen LogP contribution in [0.1, 0.15) is 44.1 Å². The van der Waals surface area contributed by atoms with Gasteiger partial charge in [-0.05, 0) is 39.4 Å². The predicted molar refractivity (Wildman–Crippen MR) is 79.1 cm³/mol. The maximum absolute atomic E-state index is 11.0. The summed E-state index contributed by atoms with van der Waals surface area (Å²) in [6.07, 6.45) is 4.92. The van der Waals surface area contributed by atoms with E-state index in [0.717, 1.165) is 32.5 Å². The number of nitrogens with one attached hydrogen (secondary N) is 1. The maximum atomic E-state index is 11.0. The highest BCUT2D eigenvalue weighted by molar-refractivity contribution is 5.90. The molecule has 0 bridgehead atoms. The largest absolute Gasteiger partial charge is 0.476 e. The van der Waals surface area contributed by atoms with Crippen molar-refractivity contribution in [1.82, 2.24) is 14.9 Å². The molecule has 1 aromatic heterocycles. The summed E-state index contributed by atoms with van der Waals surface area (Å²) in [6.45, 7) is 9.53. The molecule has 1 aromatic rings. The Balaban J connectivity index is 2.46. The normalized spacial score (nSPS) is 12.4. The first kappa shape index (κ1) is 16.4. The Kier molecular flexibility index (Phi) is 6.93. The van der Waals surface area contributed by atoms with Gasteiger partial charge in [-0.1, -0.05) is 13.8 Å². The van der Waals surface area contributed by atoms with Crippen molar-refractivity contribution < 1.29 is 9.90 Å². The van der Waals surface area contributed by atoms with Crippen LogP contribution in [0, 0.1) is 0 Å². The molecule has 0 saturated heterocycles. The summed E-state index contributed by atoms with van der Waals surface area (Å²) in [5.74, 6) is -0.716. The van der Waals surface area contributed by atoms with Gasteiger partial charge in [0.2, 0.25) is 0 Å². The molecule has 0 aromatic carbocycles. The third kappa shape index (κ3) is 5.13. The molecule has 0 aliphatic heterocycles. The van der Waals surface area contributed by atoms with Gasteiger partial charge < -0.3 is 15.3 Å². The summed E-state index contributed by atoms with van der Waals surface area (Å²) in [4.78, 5) is 21.3. The third-order valence-electron chi connectivity index (χ3n) is 3.29. The lowest BCUT2D eigenvalue weighted by atomic mass is 10.1. The zero-order chi connectivity index (χ0) is 15.0. The van der Waals surface area contributed by atoms with Crippen molar-refractivity contribution in [3.05, 3.63) is 18.1 Å². The molecule has 0 aliphatic rings. The van der Waals surface area contributed by atoms with Crippen LogP contribution in [0.2, 0.25) is 0 Å². The van der Waals surface area contributed by atoms with E-state index in [-0.39, 0.29) is 11.7 Å². The topological polar surface area (TPSA) is 78.3 Å². The van der Waals surface area contributed by atoms with Gasteiger partial charge in [-0.2, -0.15) is 0 Å². The van der Waals surface area contributed by atoms with Crippen LogP contribution in [-0.2, 0) is 0 Å². The summed E-state index contributed by atoms with van der Waals surface area (Å²) in [5.41, 5.74) is -0.0249. The third-order valence-corrected chi connectivity index (χ3v) is 3.29. The van der Waals surface area contributed by atoms with Crippen LogP contribution in [0.25, 0.3) is 0 Å². The van der Waals surface area contributed by atoms with Gasteiger partial charge >= 0.3 is 5.97 Å². The van der Waals surface area contributed by atoms with E-state index < -0.39 is 5.97 Å². The highest BCUT2D eigenvalue weighted by Crippen LogP contribution is 2.12. The van der Waals surface area contributed by atoms with Crippen molar-refractivity contribution in [3.8, 4) is 0 Å². The SMILES string of the molecule is CCN(CC)CCCC(C)Nc1nccnc1C(=O)O. The molecule has 0 spiro atoms. The molecule has 6 nitrogen and oxygen atoms in total. The zero-order valence-electron chi connectivity index (χ0n) is 12.5. The molecule has 0 fully saturated rings. The lowest BCUT2D eigenvalue weighted by Gasteiger charge is -2.20. The van der Waals surface area contributed by atoms with Gasteiger partial charge in [0, 0.05) is 18.4 Å². The van der Waals surface area contributed by atoms with E-state index in [9.17, 15) is 4.79 Å². The minimum absolute atomic E-state index is 0.0249. The van der Waals surface area contributed by atoms with Crippen molar-refractivity contribution in [2.24, 2.45) is 0 Å². The second-order valence-corrected chi connectivity index (χ2v) is 4.77. The number of aromatic nitrogens is 2. The monoisotopic (exact) mass is 280 g/mol. The van der Waals surface area contributed by atoms with E-state index in [0.29, 0.717) is 5.82 Å². The average Bonchev–Trinajstić information content (AvgIpc) is 2.44. The number of hydrogen-bond acceptors (Lipinski definition) is 5. The Bertz CT molecular complexity index is 421. The minimum atomic E-state index is -1.06. The van der Waals surface area contributed by atoms with E-state index in [1.807, 2.05) is 6.92 Å². The second kappa shape index (κ2) is 8.47. The number of anilines is 1. The molecule has 0 saturated carbocycles. The standard InChI is InChI=1S/C14H24N4O2/c1-4-18(5-2)10-6-7-11(3)17-13-12(14(19)20)15-8-9-16-13/h8-9,11H,4-7,10H2,1-3H3,(H,16,17)(H,19,20). The summed E-state index contributed by atoms with van der Waals surface area (Å²) in [7, 11) is 0.